The number of nitrogens with two attached hydrogens (primary N) is 1. The van der Waals surface area contributed by atoms with Gasteiger partial charge in [-0.2, -0.15) is 0 Å². The van der Waals surface area contributed by atoms with E-state index >= 15 is 0 Å². The van der Waals surface area contributed by atoms with Crippen LogP contribution in [0, 0.1) is 11.2 Å². The second-order valence-electron chi connectivity index (χ2n) is 6.11. The molecule has 0 atom stereocenters. The Hall–Kier alpha value is -2.45. The lowest BCUT2D eigenvalue weighted by atomic mass is 10.00. The molecule has 0 heterocycles. The number of carbonyl (C=O) groups is 1. The molecule has 0 saturated carbocycles. The molecule has 2 rings (SSSR count). The van der Waals surface area contributed by atoms with E-state index in [2.05, 4.69) is 21.2 Å². The van der Waals surface area contributed by atoms with Gasteiger partial charge in [0.15, 0.2) is 5.96 Å². The van der Waals surface area contributed by atoms with Crippen molar-refractivity contribution in [2.24, 2.45) is 5.73 Å². The van der Waals surface area contributed by atoms with Crippen LogP contribution in [0.25, 0.3) is 11.1 Å². The van der Waals surface area contributed by atoms with E-state index in [1.54, 1.807) is 25.3 Å². The molecule has 0 unspecified atom stereocenters. The van der Waals surface area contributed by atoms with Crippen molar-refractivity contribution in [3.8, 4) is 16.9 Å². The minimum atomic E-state index is -0.381. The summed E-state index contributed by atoms with van der Waals surface area (Å²) < 4.78 is 26.0. The highest BCUT2D eigenvalue weighted by atomic mass is 79.9. The van der Waals surface area contributed by atoms with Crippen molar-refractivity contribution in [1.29, 1.82) is 5.41 Å². The number of amides is 1. The van der Waals surface area contributed by atoms with Crippen LogP contribution in [0.5, 0.6) is 5.75 Å². The molecule has 6 nitrogen and oxygen atoms in total. The second-order valence-corrected chi connectivity index (χ2v) is 7.03. The quantitative estimate of drug-likeness (QED) is 0.308. The number of methoxy groups -OCH3 is 1. The van der Waals surface area contributed by atoms with E-state index < -0.39 is 0 Å². The van der Waals surface area contributed by atoms with Gasteiger partial charge in [-0.25, -0.2) is 4.39 Å². The van der Waals surface area contributed by atoms with Crippen molar-refractivity contribution in [2.45, 2.75) is 19.3 Å². The maximum atomic E-state index is 14.4. The summed E-state index contributed by atoms with van der Waals surface area (Å²) in [5.74, 6) is -0.530. The minimum Gasteiger partial charge on any atom is -0.493 e. The summed E-state index contributed by atoms with van der Waals surface area (Å²) in [6.45, 7) is 0.986. The van der Waals surface area contributed by atoms with Crippen LogP contribution in [0.4, 0.5) is 4.39 Å². The molecule has 28 heavy (non-hydrogen) atoms. The van der Waals surface area contributed by atoms with Gasteiger partial charge in [-0.1, -0.05) is 34.1 Å². The van der Waals surface area contributed by atoms with Crippen molar-refractivity contribution in [3.63, 3.8) is 0 Å². The highest BCUT2D eigenvalue weighted by Gasteiger charge is 2.13. The Balaban J connectivity index is 2.23. The predicted molar refractivity (Wildman–Crippen MR) is 110 cm³/mol. The largest absolute Gasteiger partial charge is 0.493 e. The fourth-order valence-electron chi connectivity index (χ4n) is 2.63. The standard InChI is InChI=1S/C20H23BrFN3O3/c1-27-9-2-10-28-18-11-13(4-8-19(26)25-20(23)24)3-6-16(18)15-7-5-14(21)12-17(15)22/h3,5-7,11-12H,2,4,8-10H2,1H3,(H4,23,24,25,26). The van der Waals surface area contributed by atoms with Gasteiger partial charge in [-0.05, 0) is 30.2 Å². The average molecular weight is 452 g/mol. The zero-order valence-corrected chi connectivity index (χ0v) is 17.1. The third-order valence-electron chi connectivity index (χ3n) is 3.93. The lowest BCUT2D eigenvalue weighted by molar-refractivity contribution is -0.119. The van der Waals surface area contributed by atoms with E-state index in [9.17, 15) is 9.18 Å². The smallest absolute Gasteiger partial charge is 0.226 e. The molecule has 2 aromatic rings. The number of ether oxygens (including phenoxy) is 2. The van der Waals surface area contributed by atoms with Crippen LogP contribution in [-0.2, 0) is 16.0 Å². The number of carbonyl (C=O) groups excluding carboxylic acids is 1. The summed E-state index contributed by atoms with van der Waals surface area (Å²) in [6.07, 6.45) is 1.31. The summed E-state index contributed by atoms with van der Waals surface area (Å²) in [6, 6.07) is 10.3. The molecule has 0 spiro atoms. The first-order valence-corrected chi connectivity index (χ1v) is 9.54. The first kappa shape index (κ1) is 21.8. The number of nitrogens with one attached hydrogen (secondary N) is 2. The van der Waals surface area contributed by atoms with Crippen LogP contribution in [0.2, 0.25) is 0 Å². The molecule has 150 valence electrons. The number of rotatable bonds is 9. The fourth-order valence-corrected chi connectivity index (χ4v) is 2.96. The van der Waals surface area contributed by atoms with Crippen molar-refractivity contribution >= 4 is 27.8 Å². The van der Waals surface area contributed by atoms with Crippen molar-refractivity contribution in [1.82, 2.24) is 5.32 Å². The van der Waals surface area contributed by atoms with E-state index in [0.717, 1.165) is 5.56 Å². The number of guanidine groups is 1. The zero-order valence-electron chi connectivity index (χ0n) is 15.6. The highest BCUT2D eigenvalue weighted by molar-refractivity contribution is 9.10. The van der Waals surface area contributed by atoms with Gasteiger partial charge < -0.3 is 15.2 Å². The van der Waals surface area contributed by atoms with Gasteiger partial charge in [0.05, 0.1) is 6.61 Å². The number of hydrogen-bond acceptors (Lipinski definition) is 4. The molecular weight excluding hydrogens is 429 g/mol. The maximum Gasteiger partial charge on any atom is 0.226 e. The Kier molecular flexibility index (Phi) is 8.41. The summed E-state index contributed by atoms with van der Waals surface area (Å²) in [7, 11) is 1.62. The Morgan fingerprint density at radius 3 is 2.64 bits per heavy atom. The first-order valence-electron chi connectivity index (χ1n) is 8.74. The van der Waals surface area contributed by atoms with Crippen LogP contribution < -0.4 is 15.8 Å². The van der Waals surface area contributed by atoms with Crippen LogP contribution in [0.1, 0.15) is 18.4 Å². The van der Waals surface area contributed by atoms with Crippen molar-refractivity contribution in [3.05, 3.63) is 52.3 Å². The Labute approximate surface area is 171 Å². The Morgan fingerprint density at radius 1 is 1.21 bits per heavy atom. The van der Waals surface area contributed by atoms with E-state index in [-0.39, 0.29) is 24.1 Å². The predicted octanol–water partition coefficient (Wildman–Crippen LogP) is 3.61. The van der Waals surface area contributed by atoms with Gasteiger partial charge in [-0.3, -0.25) is 15.5 Å². The second kappa shape index (κ2) is 10.8. The monoisotopic (exact) mass is 451 g/mol. The van der Waals surface area contributed by atoms with Gasteiger partial charge in [0.25, 0.3) is 0 Å². The van der Waals surface area contributed by atoms with E-state index in [1.165, 1.54) is 6.07 Å². The van der Waals surface area contributed by atoms with E-state index in [1.807, 2.05) is 12.1 Å². The minimum absolute atomic E-state index is 0.175. The molecule has 4 N–H and O–H groups in total. The molecule has 0 saturated heterocycles. The Morgan fingerprint density at radius 2 is 1.96 bits per heavy atom. The third-order valence-corrected chi connectivity index (χ3v) is 4.43. The summed E-state index contributed by atoms with van der Waals surface area (Å²) in [5.41, 5.74) is 7.09. The first-order chi connectivity index (χ1) is 13.4. The van der Waals surface area contributed by atoms with Gasteiger partial charge in [-0.15, -0.1) is 0 Å². The third kappa shape index (κ3) is 6.61. The molecule has 0 fully saturated rings. The SMILES string of the molecule is COCCCOc1cc(CCC(=O)NC(=N)N)ccc1-c1ccc(Br)cc1F. The number of benzene rings is 2. The number of halogens is 2. The van der Waals surface area contributed by atoms with Gasteiger partial charge >= 0.3 is 0 Å². The Bertz CT molecular complexity index is 845. The fraction of sp³-hybridized carbons (Fsp3) is 0.300. The number of hydrogen-bond donors (Lipinski definition) is 3. The molecule has 1 amide bonds. The van der Waals surface area contributed by atoms with Crippen LogP contribution in [-0.4, -0.2) is 32.2 Å². The topological polar surface area (TPSA) is 97.4 Å². The maximum absolute atomic E-state index is 14.4. The summed E-state index contributed by atoms with van der Waals surface area (Å²) >= 11 is 3.26. The van der Waals surface area contributed by atoms with Crippen LogP contribution >= 0.6 is 15.9 Å². The van der Waals surface area contributed by atoms with Gasteiger partial charge in [0.1, 0.15) is 11.6 Å². The zero-order chi connectivity index (χ0) is 20.5. The molecule has 0 aliphatic rings. The molecule has 0 aliphatic carbocycles. The van der Waals surface area contributed by atoms with Crippen molar-refractivity contribution < 1.29 is 18.7 Å². The summed E-state index contributed by atoms with van der Waals surface area (Å²) in [4.78, 5) is 11.7. The highest BCUT2D eigenvalue weighted by Crippen LogP contribution is 2.34. The molecule has 2 aromatic carbocycles. The number of aryl methyl sites for hydroxylation is 1. The summed E-state index contributed by atoms with van der Waals surface area (Å²) in [5, 5.41) is 9.34. The van der Waals surface area contributed by atoms with Crippen molar-refractivity contribution in [2.75, 3.05) is 20.3 Å². The molecule has 0 radical (unpaired) electrons. The normalized spacial score (nSPS) is 10.5. The van der Waals surface area contributed by atoms with Crippen LogP contribution in [0.3, 0.4) is 0 Å². The van der Waals surface area contributed by atoms with E-state index in [4.69, 9.17) is 20.6 Å². The van der Waals surface area contributed by atoms with Crippen LogP contribution in [0.15, 0.2) is 40.9 Å². The molecule has 0 bridgehead atoms. The lowest BCUT2D eigenvalue weighted by Crippen LogP contribution is -2.35. The molecule has 0 aliphatic heterocycles. The van der Waals surface area contributed by atoms with Gasteiger partial charge in [0, 0.05) is 42.2 Å². The van der Waals surface area contributed by atoms with E-state index in [0.29, 0.717) is 47.4 Å². The lowest BCUT2D eigenvalue weighted by Gasteiger charge is -2.14. The average Bonchev–Trinajstić information content (AvgIpc) is 2.64. The molecular formula is C20H23BrFN3O3. The van der Waals surface area contributed by atoms with Gasteiger partial charge in [0.2, 0.25) is 5.91 Å². The molecule has 8 heteroatoms. The molecule has 0 aromatic heterocycles.